The van der Waals surface area contributed by atoms with E-state index in [1.54, 1.807) is 12.1 Å². The minimum atomic E-state index is -0.140. The maximum atomic E-state index is 9.52. The van der Waals surface area contributed by atoms with Gasteiger partial charge in [-0.3, -0.25) is 0 Å². The summed E-state index contributed by atoms with van der Waals surface area (Å²) in [5, 5.41) is 18.4. The molecule has 3 unspecified atom stereocenters. The highest BCUT2D eigenvalue weighted by Crippen LogP contribution is 2.28. The van der Waals surface area contributed by atoms with Crippen molar-refractivity contribution in [1.29, 1.82) is 10.5 Å². The Labute approximate surface area is 122 Å². The number of nitrogens with zero attached hydrogens (tertiary/aromatic N) is 3. The summed E-state index contributed by atoms with van der Waals surface area (Å²) >= 11 is 0. The van der Waals surface area contributed by atoms with Crippen molar-refractivity contribution in [2.24, 2.45) is 5.92 Å². The molecule has 0 saturated carbocycles. The number of benzene rings is 1. The lowest BCUT2D eigenvalue weighted by Gasteiger charge is -2.33. The summed E-state index contributed by atoms with van der Waals surface area (Å²) in [6.07, 6.45) is 0. The Morgan fingerprint density at radius 3 is 2.00 bits per heavy atom. The van der Waals surface area contributed by atoms with E-state index >= 15 is 0 Å². The molecule has 20 heavy (non-hydrogen) atoms. The second-order valence-electron chi connectivity index (χ2n) is 5.16. The van der Waals surface area contributed by atoms with E-state index in [-0.39, 0.29) is 11.8 Å². The Bertz CT molecular complexity index is 488. The van der Waals surface area contributed by atoms with Crippen LogP contribution in [0.2, 0.25) is 0 Å². The molecular formula is C17H23N3. The normalized spacial score (nSPS) is 15.2. The Morgan fingerprint density at radius 2 is 1.60 bits per heavy atom. The Hall–Kier alpha value is -1.84. The molecule has 0 aliphatic rings. The van der Waals surface area contributed by atoms with Crippen LogP contribution >= 0.6 is 0 Å². The number of nitriles is 2. The van der Waals surface area contributed by atoms with Gasteiger partial charge in [-0.1, -0.05) is 32.9 Å². The van der Waals surface area contributed by atoms with Gasteiger partial charge < -0.3 is 4.90 Å². The van der Waals surface area contributed by atoms with Crippen molar-refractivity contribution in [3.8, 4) is 12.1 Å². The monoisotopic (exact) mass is 269 g/mol. The van der Waals surface area contributed by atoms with Crippen LogP contribution in [-0.4, -0.2) is 24.0 Å². The quantitative estimate of drug-likeness (QED) is 0.793. The highest BCUT2D eigenvalue weighted by Gasteiger charge is 2.26. The van der Waals surface area contributed by atoms with Crippen LogP contribution < -0.4 is 0 Å². The van der Waals surface area contributed by atoms with Crippen molar-refractivity contribution < 1.29 is 0 Å². The van der Waals surface area contributed by atoms with Crippen LogP contribution in [0.3, 0.4) is 0 Å². The van der Waals surface area contributed by atoms with Gasteiger partial charge in [-0.2, -0.15) is 10.5 Å². The summed E-state index contributed by atoms with van der Waals surface area (Å²) in [4.78, 5) is 2.37. The number of rotatable bonds is 6. The molecule has 0 aliphatic carbocycles. The van der Waals surface area contributed by atoms with Crippen LogP contribution in [0.25, 0.3) is 0 Å². The minimum Gasteiger partial charge on any atom is -0.301 e. The molecule has 0 aromatic heterocycles. The average molecular weight is 269 g/mol. The van der Waals surface area contributed by atoms with Crippen LogP contribution in [0.4, 0.5) is 0 Å². The van der Waals surface area contributed by atoms with Crippen LogP contribution in [0.15, 0.2) is 24.3 Å². The van der Waals surface area contributed by atoms with Gasteiger partial charge in [-0.15, -0.1) is 0 Å². The van der Waals surface area contributed by atoms with Crippen LogP contribution in [0.1, 0.15) is 44.7 Å². The highest BCUT2D eigenvalue weighted by molar-refractivity contribution is 5.35. The molecule has 0 heterocycles. The van der Waals surface area contributed by atoms with E-state index < -0.39 is 0 Å². The summed E-state index contributed by atoms with van der Waals surface area (Å²) in [6, 6.07) is 12.3. The zero-order valence-electron chi connectivity index (χ0n) is 12.8. The van der Waals surface area contributed by atoms with Crippen LogP contribution in [0, 0.1) is 28.6 Å². The molecule has 1 rings (SSSR count). The third-order valence-electron chi connectivity index (χ3n) is 4.21. The van der Waals surface area contributed by atoms with Gasteiger partial charge in [0, 0.05) is 6.04 Å². The van der Waals surface area contributed by atoms with Gasteiger partial charge >= 0.3 is 0 Å². The molecule has 0 aliphatic heterocycles. The fraction of sp³-hybridized carbons (Fsp3) is 0.529. The predicted octanol–water partition coefficient (Wildman–Crippen LogP) is 3.53. The summed E-state index contributed by atoms with van der Waals surface area (Å²) in [7, 11) is 0. The van der Waals surface area contributed by atoms with Crippen molar-refractivity contribution >= 4 is 0 Å². The third kappa shape index (κ3) is 3.59. The van der Waals surface area contributed by atoms with E-state index in [1.165, 1.54) is 0 Å². The highest BCUT2D eigenvalue weighted by atomic mass is 15.1. The first-order valence-corrected chi connectivity index (χ1v) is 7.22. The van der Waals surface area contributed by atoms with E-state index in [0.29, 0.717) is 11.6 Å². The molecule has 3 nitrogen and oxygen atoms in total. The Kier molecular flexibility index (Phi) is 6.22. The van der Waals surface area contributed by atoms with Gasteiger partial charge in [0.2, 0.25) is 0 Å². The Balaban J connectivity index is 2.95. The molecule has 0 N–H and O–H groups in total. The molecule has 0 spiro atoms. The zero-order chi connectivity index (χ0) is 15.1. The predicted molar refractivity (Wildman–Crippen MR) is 81.1 cm³/mol. The molecule has 0 radical (unpaired) electrons. The average Bonchev–Trinajstić information content (AvgIpc) is 2.49. The lowest BCUT2D eigenvalue weighted by Crippen LogP contribution is -2.39. The van der Waals surface area contributed by atoms with Crippen molar-refractivity contribution in [1.82, 2.24) is 4.90 Å². The summed E-state index contributed by atoms with van der Waals surface area (Å²) in [5.74, 6) is 0.103. The maximum Gasteiger partial charge on any atom is 0.0991 e. The topological polar surface area (TPSA) is 50.8 Å². The van der Waals surface area contributed by atoms with Gasteiger partial charge in [-0.05, 0) is 43.6 Å². The molecule has 1 aromatic carbocycles. The second-order valence-corrected chi connectivity index (χ2v) is 5.16. The molecule has 0 saturated heterocycles. The minimum absolute atomic E-state index is 0.140. The second kappa shape index (κ2) is 7.68. The van der Waals surface area contributed by atoms with E-state index in [9.17, 15) is 5.26 Å². The lowest BCUT2D eigenvalue weighted by molar-refractivity contribution is 0.170. The van der Waals surface area contributed by atoms with Crippen molar-refractivity contribution in [2.75, 3.05) is 13.1 Å². The summed E-state index contributed by atoms with van der Waals surface area (Å²) < 4.78 is 0. The van der Waals surface area contributed by atoms with E-state index in [2.05, 4.69) is 44.7 Å². The number of hydrogen-bond acceptors (Lipinski definition) is 3. The molecule has 0 fully saturated rings. The van der Waals surface area contributed by atoms with Gasteiger partial charge in [0.25, 0.3) is 0 Å². The summed E-state index contributed by atoms with van der Waals surface area (Å²) in [6.45, 7) is 10.6. The molecule has 106 valence electrons. The molecule has 0 amide bonds. The molecule has 0 bridgehead atoms. The first kappa shape index (κ1) is 16.2. The fourth-order valence-corrected chi connectivity index (χ4v) is 2.67. The molecule has 3 heteroatoms. The fourth-order valence-electron chi connectivity index (χ4n) is 2.67. The SMILES string of the molecule is CCN(CC)C(C)C(C)C(C#N)c1ccc(C#N)cc1. The first-order chi connectivity index (χ1) is 9.58. The Morgan fingerprint density at radius 1 is 1.05 bits per heavy atom. The van der Waals surface area contributed by atoms with Gasteiger partial charge in [0.1, 0.15) is 0 Å². The van der Waals surface area contributed by atoms with Gasteiger partial charge in [0.05, 0.1) is 23.6 Å². The van der Waals surface area contributed by atoms with E-state index in [1.807, 2.05) is 12.1 Å². The standard InChI is InChI=1S/C17H23N3/c1-5-20(6-2)14(4)13(3)17(12-19)16-9-7-15(11-18)8-10-16/h7-10,13-14,17H,5-6H2,1-4H3. The smallest absolute Gasteiger partial charge is 0.0991 e. The van der Waals surface area contributed by atoms with Crippen molar-refractivity contribution in [3.05, 3.63) is 35.4 Å². The lowest BCUT2D eigenvalue weighted by atomic mass is 9.83. The van der Waals surface area contributed by atoms with Crippen LogP contribution in [0.5, 0.6) is 0 Å². The van der Waals surface area contributed by atoms with Crippen LogP contribution in [-0.2, 0) is 0 Å². The van der Waals surface area contributed by atoms with Crippen molar-refractivity contribution in [3.63, 3.8) is 0 Å². The molecule has 1 aromatic rings. The van der Waals surface area contributed by atoms with E-state index in [0.717, 1.165) is 18.7 Å². The largest absolute Gasteiger partial charge is 0.301 e. The zero-order valence-corrected chi connectivity index (χ0v) is 12.8. The summed E-state index contributed by atoms with van der Waals surface area (Å²) in [5.41, 5.74) is 1.63. The first-order valence-electron chi connectivity index (χ1n) is 7.22. The molecular weight excluding hydrogens is 246 g/mol. The van der Waals surface area contributed by atoms with Crippen molar-refractivity contribution in [2.45, 2.75) is 39.7 Å². The van der Waals surface area contributed by atoms with Gasteiger partial charge in [-0.25, -0.2) is 0 Å². The van der Waals surface area contributed by atoms with E-state index in [4.69, 9.17) is 5.26 Å². The van der Waals surface area contributed by atoms with Gasteiger partial charge in [0.15, 0.2) is 0 Å². The molecule has 3 atom stereocenters. The number of hydrogen-bond donors (Lipinski definition) is 0. The third-order valence-corrected chi connectivity index (χ3v) is 4.21. The maximum absolute atomic E-state index is 9.52.